The van der Waals surface area contributed by atoms with Crippen molar-refractivity contribution in [3.63, 3.8) is 0 Å². The fourth-order valence-electron chi connectivity index (χ4n) is 2.81. The monoisotopic (exact) mass is 327 g/mol. The van der Waals surface area contributed by atoms with E-state index < -0.39 is 0 Å². The zero-order chi connectivity index (χ0) is 17.3. The quantitative estimate of drug-likeness (QED) is 0.930. The summed E-state index contributed by atoms with van der Waals surface area (Å²) < 4.78 is 18.8. The van der Waals surface area contributed by atoms with Crippen molar-refractivity contribution in [2.75, 3.05) is 6.54 Å². The van der Waals surface area contributed by atoms with Gasteiger partial charge in [0.1, 0.15) is 17.7 Å². The Morgan fingerprint density at radius 3 is 2.58 bits per heavy atom. The van der Waals surface area contributed by atoms with Crippen LogP contribution in [0, 0.1) is 5.82 Å². The maximum absolute atomic E-state index is 12.9. The Bertz CT molecular complexity index is 747. The maximum atomic E-state index is 12.9. The molecule has 3 nitrogen and oxygen atoms in total. The summed E-state index contributed by atoms with van der Waals surface area (Å²) in [6.45, 7) is 6.98. The van der Waals surface area contributed by atoms with E-state index in [4.69, 9.17) is 4.74 Å². The minimum absolute atomic E-state index is 0.0698. The molecular formula is C20H22FNO2. The summed E-state index contributed by atoms with van der Waals surface area (Å²) >= 11 is 0. The minimum atomic E-state index is -0.351. The number of halogens is 1. The lowest BCUT2D eigenvalue weighted by Crippen LogP contribution is -2.34. The van der Waals surface area contributed by atoms with Gasteiger partial charge in [0, 0.05) is 12.0 Å². The molecular weight excluding hydrogens is 305 g/mol. The number of rotatable bonds is 3. The summed E-state index contributed by atoms with van der Waals surface area (Å²) in [4.78, 5) is 12.1. The first-order valence-corrected chi connectivity index (χ1v) is 8.17. The number of carbonyl (C=O) groups is 1. The predicted molar refractivity (Wildman–Crippen MR) is 92.0 cm³/mol. The Kier molecular flexibility index (Phi) is 4.31. The molecule has 126 valence electrons. The Hall–Kier alpha value is -2.36. The number of amides is 1. The fraction of sp³-hybridized carbons (Fsp3) is 0.350. The summed E-state index contributed by atoms with van der Waals surface area (Å²) in [5, 5.41) is 2.85. The number of fused-ring (bicyclic) bond motifs is 1. The average molecular weight is 327 g/mol. The second-order valence-corrected chi connectivity index (χ2v) is 7.23. The Morgan fingerprint density at radius 1 is 1.21 bits per heavy atom. The number of carbonyl (C=O) groups excluding carboxylic acids is 1. The molecule has 0 fully saturated rings. The number of benzene rings is 2. The van der Waals surface area contributed by atoms with E-state index >= 15 is 0 Å². The average Bonchev–Trinajstić information content (AvgIpc) is 2.94. The van der Waals surface area contributed by atoms with Crippen molar-refractivity contribution in [3.8, 4) is 5.75 Å². The van der Waals surface area contributed by atoms with E-state index in [0.29, 0.717) is 12.1 Å². The zero-order valence-electron chi connectivity index (χ0n) is 14.2. The second kappa shape index (κ2) is 6.27. The van der Waals surface area contributed by atoms with Gasteiger partial charge < -0.3 is 10.1 Å². The third-order valence-electron chi connectivity index (χ3n) is 4.26. The van der Waals surface area contributed by atoms with Crippen molar-refractivity contribution in [2.24, 2.45) is 0 Å². The normalized spacial score (nSPS) is 16.4. The van der Waals surface area contributed by atoms with E-state index in [-0.39, 0.29) is 23.2 Å². The molecule has 0 saturated heterocycles. The first-order valence-electron chi connectivity index (χ1n) is 8.17. The molecule has 1 heterocycles. The van der Waals surface area contributed by atoms with Gasteiger partial charge in [-0.15, -0.1) is 0 Å². The highest BCUT2D eigenvalue weighted by Gasteiger charge is 2.25. The second-order valence-electron chi connectivity index (χ2n) is 7.23. The van der Waals surface area contributed by atoms with Crippen molar-refractivity contribution >= 4 is 5.91 Å². The molecule has 1 aliphatic rings. The molecule has 1 N–H and O–H groups in total. The van der Waals surface area contributed by atoms with E-state index in [1.807, 2.05) is 6.07 Å². The molecule has 0 radical (unpaired) electrons. The maximum Gasteiger partial charge on any atom is 0.251 e. The molecule has 1 aliphatic heterocycles. The van der Waals surface area contributed by atoms with Crippen LogP contribution in [0.25, 0.3) is 0 Å². The zero-order valence-corrected chi connectivity index (χ0v) is 14.2. The van der Waals surface area contributed by atoms with E-state index in [2.05, 4.69) is 38.2 Å². The van der Waals surface area contributed by atoms with Crippen molar-refractivity contribution in [1.82, 2.24) is 5.32 Å². The minimum Gasteiger partial charge on any atom is -0.488 e. The highest BCUT2D eigenvalue weighted by Crippen LogP contribution is 2.33. The van der Waals surface area contributed by atoms with Crippen LogP contribution in [0.15, 0.2) is 42.5 Å². The molecule has 0 spiro atoms. The van der Waals surface area contributed by atoms with E-state index in [9.17, 15) is 9.18 Å². The lowest BCUT2D eigenvalue weighted by molar-refractivity contribution is 0.0933. The van der Waals surface area contributed by atoms with Gasteiger partial charge >= 0.3 is 0 Å². The predicted octanol–water partition coefficient (Wildman–Crippen LogP) is 3.86. The molecule has 3 rings (SSSR count). The van der Waals surface area contributed by atoms with E-state index in [1.165, 1.54) is 35.4 Å². The van der Waals surface area contributed by atoms with Gasteiger partial charge in [-0.3, -0.25) is 4.79 Å². The molecule has 0 aliphatic carbocycles. The van der Waals surface area contributed by atoms with Crippen molar-refractivity contribution < 1.29 is 13.9 Å². The molecule has 4 heteroatoms. The van der Waals surface area contributed by atoms with Crippen molar-refractivity contribution in [3.05, 3.63) is 65.0 Å². The summed E-state index contributed by atoms with van der Waals surface area (Å²) in [6, 6.07) is 11.8. The Morgan fingerprint density at radius 2 is 1.92 bits per heavy atom. The lowest BCUT2D eigenvalue weighted by atomic mass is 9.86. The SMILES string of the molecule is CC(C)(C)c1ccc2c(c1)C[C@H](CNC(=O)c1ccc(F)cc1)O2. The van der Waals surface area contributed by atoms with Crippen LogP contribution in [-0.4, -0.2) is 18.6 Å². The summed E-state index contributed by atoms with van der Waals surface area (Å²) in [5.74, 6) is 0.324. The van der Waals surface area contributed by atoms with Crippen LogP contribution >= 0.6 is 0 Å². The first kappa shape index (κ1) is 16.5. The first-order chi connectivity index (χ1) is 11.3. The van der Waals surface area contributed by atoms with Gasteiger partial charge in [-0.1, -0.05) is 32.9 Å². The van der Waals surface area contributed by atoms with Crippen LogP contribution in [0.5, 0.6) is 5.75 Å². The van der Waals surface area contributed by atoms with Gasteiger partial charge in [0.2, 0.25) is 0 Å². The van der Waals surface area contributed by atoms with Crippen LogP contribution in [0.1, 0.15) is 42.3 Å². The van der Waals surface area contributed by atoms with Crippen LogP contribution in [-0.2, 0) is 11.8 Å². The van der Waals surface area contributed by atoms with Gasteiger partial charge in [-0.2, -0.15) is 0 Å². The topological polar surface area (TPSA) is 38.3 Å². The van der Waals surface area contributed by atoms with E-state index in [1.54, 1.807) is 0 Å². The van der Waals surface area contributed by atoms with Gasteiger partial charge in [0.25, 0.3) is 5.91 Å². The van der Waals surface area contributed by atoms with E-state index in [0.717, 1.165) is 12.2 Å². The van der Waals surface area contributed by atoms with Crippen LogP contribution in [0.3, 0.4) is 0 Å². The lowest BCUT2D eigenvalue weighted by Gasteiger charge is -2.19. The summed E-state index contributed by atoms with van der Waals surface area (Å²) in [5.41, 5.74) is 3.01. The van der Waals surface area contributed by atoms with Crippen molar-refractivity contribution in [1.29, 1.82) is 0 Å². The molecule has 1 atom stereocenters. The van der Waals surface area contributed by atoms with Gasteiger partial charge in [0.15, 0.2) is 0 Å². The molecule has 0 aromatic heterocycles. The molecule has 24 heavy (non-hydrogen) atoms. The Labute approximate surface area is 141 Å². The highest BCUT2D eigenvalue weighted by molar-refractivity contribution is 5.94. The molecule has 2 aromatic rings. The molecule has 0 bridgehead atoms. The molecule has 2 aromatic carbocycles. The molecule has 1 amide bonds. The third-order valence-corrected chi connectivity index (χ3v) is 4.26. The van der Waals surface area contributed by atoms with Gasteiger partial charge in [-0.25, -0.2) is 4.39 Å². The number of hydrogen-bond acceptors (Lipinski definition) is 2. The van der Waals surface area contributed by atoms with Crippen LogP contribution in [0.4, 0.5) is 4.39 Å². The third kappa shape index (κ3) is 3.58. The van der Waals surface area contributed by atoms with Gasteiger partial charge in [0.05, 0.1) is 6.54 Å². The van der Waals surface area contributed by atoms with Crippen LogP contribution in [0.2, 0.25) is 0 Å². The fourth-order valence-corrected chi connectivity index (χ4v) is 2.81. The largest absolute Gasteiger partial charge is 0.488 e. The Balaban J connectivity index is 1.60. The number of nitrogens with one attached hydrogen (secondary N) is 1. The smallest absolute Gasteiger partial charge is 0.251 e. The molecule has 0 unspecified atom stereocenters. The van der Waals surface area contributed by atoms with Gasteiger partial charge in [-0.05, 0) is 46.9 Å². The number of ether oxygens (including phenoxy) is 1. The highest BCUT2D eigenvalue weighted by atomic mass is 19.1. The van der Waals surface area contributed by atoms with Crippen molar-refractivity contribution in [2.45, 2.75) is 38.7 Å². The molecule has 0 saturated carbocycles. The standard InChI is InChI=1S/C20H22FNO2/c1-20(2,3)15-6-9-18-14(10-15)11-17(24-18)12-22-19(23)13-4-7-16(21)8-5-13/h4-10,17H,11-12H2,1-3H3,(H,22,23)/t17-/m1/s1. The summed E-state index contributed by atoms with van der Waals surface area (Å²) in [7, 11) is 0. The van der Waals surface area contributed by atoms with Crippen LogP contribution < -0.4 is 10.1 Å². The summed E-state index contributed by atoms with van der Waals surface area (Å²) in [6.07, 6.45) is 0.711. The number of hydrogen-bond donors (Lipinski definition) is 1.